The van der Waals surface area contributed by atoms with Crippen LogP contribution in [0.25, 0.3) is 0 Å². The molecule has 0 aliphatic rings. The zero-order chi connectivity index (χ0) is 17.1. The summed E-state index contributed by atoms with van der Waals surface area (Å²) >= 11 is 0. The minimum absolute atomic E-state index is 0.0383. The van der Waals surface area contributed by atoms with Crippen molar-refractivity contribution in [1.82, 2.24) is 5.32 Å². The quantitative estimate of drug-likeness (QED) is 0.848. The highest BCUT2D eigenvalue weighted by Gasteiger charge is 2.22. The molecule has 0 fully saturated rings. The number of aliphatic hydroxyl groups excluding tert-OH is 1. The van der Waals surface area contributed by atoms with Gasteiger partial charge in [0.15, 0.2) is 23.3 Å². The molecule has 0 aromatic heterocycles. The Morgan fingerprint density at radius 2 is 1.74 bits per heavy atom. The first kappa shape index (κ1) is 17.0. The molecule has 0 saturated heterocycles. The van der Waals surface area contributed by atoms with E-state index in [4.69, 9.17) is 0 Å². The van der Waals surface area contributed by atoms with Crippen LogP contribution >= 0.6 is 0 Å². The van der Waals surface area contributed by atoms with Gasteiger partial charge in [0.2, 0.25) is 0 Å². The van der Waals surface area contributed by atoms with E-state index in [1.807, 2.05) is 0 Å². The Morgan fingerprint density at radius 1 is 1.04 bits per heavy atom. The van der Waals surface area contributed by atoms with Crippen molar-refractivity contribution < 1.29 is 27.5 Å². The standard InChI is InChI=1S/C16H13F4NO2/c1-8(15(22)9-5-6-11(17)13(19)7-9)21-16(23)10-3-2-4-12(18)14(10)20/h2-8,15,22H,1H3,(H,21,23). The molecule has 0 bridgehead atoms. The van der Waals surface area contributed by atoms with E-state index < -0.39 is 46.9 Å². The lowest BCUT2D eigenvalue weighted by atomic mass is 10.0. The molecule has 0 aliphatic carbocycles. The number of benzene rings is 2. The van der Waals surface area contributed by atoms with Gasteiger partial charge < -0.3 is 10.4 Å². The van der Waals surface area contributed by atoms with E-state index in [-0.39, 0.29) is 5.56 Å². The average molecular weight is 327 g/mol. The first-order chi connectivity index (χ1) is 10.8. The van der Waals surface area contributed by atoms with Crippen molar-refractivity contribution in [1.29, 1.82) is 0 Å². The number of hydrogen-bond donors (Lipinski definition) is 2. The third-order valence-corrected chi connectivity index (χ3v) is 3.31. The molecule has 1 amide bonds. The SMILES string of the molecule is CC(NC(=O)c1cccc(F)c1F)C(O)c1ccc(F)c(F)c1. The second-order valence-corrected chi connectivity index (χ2v) is 4.98. The zero-order valence-corrected chi connectivity index (χ0v) is 12.0. The summed E-state index contributed by atoms with van der Waals surface area (Å²) in [6, 6.07) is 4.98. The summed E-state index contributed by atoms with van der Waals surface area (Å²) in [4.78, 5) is 11.9. The van der Waals surface area contributed by atoms with E-state index >= 15 is 0 Å². The van der Waals surface area contributed by atoms with Gasteiger partial charge in [0.05, 0.1) is 17.7 Å². The van der Waals surface area contributed by atoms with Gasteiger partial charge in [-0.15, -0.1) is 0 Å². The third-order valence-electron chi connectivity index (χ3n) is 3.31. The smallest absolute Gasteiger partial charge is 0.254 e. The van der Waals surface area contributed by atoms with Gasteiger partial charge in [0, 0.05) is 0 Å². The van der Waals surface area contributed by atoms with E-state index in [9.17, 15) is 27.5 Å². The predicted molar refractivity (Wildman–Crippen MR) is 74.6 cm³/mol. The first-order valence-corrected chi connectivity index (χ1v) is 6.69. The van der Waals surface area contributed by atoms with Crippen LogP contribution in [-0.4, -0.2) is 17.1 Å². The largest absolute Gasteiger partial charge is 0.386 e. The number of amides is 1. The molecule has 3 nitrogen and oxygen atoms in total. The minimum Gasteiger partial charge on any atom is -0.386 e. The lowest BCUT2D eigenvalue weighted by Crippen LogP contribution is -2.37. The topological polar surface area (TPSA) is 49.3 Å². The van der Waals surface area contributed by atoms with Crippen LogP contribution in [0.4, 0.5) is 17.6 Å². The highest BCUT2D eigenvalue weighted by atomic mass is 19.2. The summed E-state index contributed by atoms with van der Waals surface area (Å²) in [5.41, 5.74) is -0.481. The molecular weight excluding hydrogens is 314 g/mol. The third kappa shape index (κ3) is 3.68. The molecule has 2 aromatic rings. The molecule has 2 rings (SSSR count). The Kier molecular flexibility index (Phi) is 5.00. The second kappa shape index (κ2) is 6.78. The molecule has 2 atom stereocenters. The van der Waals surface area contributed by atoms with Gasteiger partial charge in [-0.05, 0) is 36.8 Å². The van der Waals surface area contributed by atoms with Crippen LogP contribution in [0, 0.1) is 23.3 Å². The second-order valence-electron chi connectivity index (χ2n) is 4.98. The van der Waals surface area contributed by atoms with Crippen LogP contribution in [-0.2, 0) is 0 Å². The molecule has 0 radical (unpaired) electrons. The van der Waals surface area contributed by atoms with Crippen molar-refractivity contribution in [3.63, 3.8) is 0 Å². The summed E-state index contributed by atoms with van der Waals surface area (Å²) in [7, 11) is 0. The van der Waals surface area contributed by atoms with Crippen LogP contribution in [0.15, 0.2) is 36.4 Å². The number of rotatable bonds is 4. The Morgan fingerprint density at radius 3 is 2.39 bits per heavy atom. The van der Waals surface area contributed by atoms with E-state index in [1.54, 1.807) is 0 Å². The van der Waals surface area contributed by atoms with Gasteiger partial charge in [-0.2, -0.15) is 0 Å². The average Bonchev–Trinajstić information content (AvgIpc) is 2.51. The van der Waals surface area contributed by atoms with Crippen molar-refractivity contribution in [2.45, 2.75) is 19.1 Å². The summed E-state index contributed by atoms with van der Waals surface area (Å²) < 4.78 is 52.7. The Bertz CT molecular complexity index is 736. The van der Waals surface area contributed by atoms with Crippen LogP contribution < -0.4 is 5.32 Å². The highest BCUT2D eigenvalue weighted by Crippen LogP contribution is 2.20. The van der Waals surface area contributed by atoms with Gasteiger partial charge in [-0.3, -0.25) is 4.79 Å². The van der Waals surface area contributed by atoms with Gasteiger partial charge in [0.1, 0.15) is 0 Å². The summed E-state index contributed by atoms with van der Waals surface area (Å²) in [6.45, 7) is 1.39. The summed E-state index contributed by atoms with van der Waals surface area (Å²) in [6.07, 6.45) is -1.36. The van der Waals surface area contributed by atoms with Gasteiger partial charge in [-0.1, -0.05) is 12.1 Å². The lowest BCUT2D eigenvalue weighted by molar-refractivity contribution is 0.0846. The van der Waals surface area contributed by atoms with Crippen molar-refractivity contribution in [2.24, 2.45) is 0 Å². The summed E-state index contributed by atoms with van der Waals surface area (Å²) in [5.74, 6) is -5.63. The molecule has 23 heavy (non-hydrogen) atoms. The lowest BCUT2D eigenvalue weighted by Gasteiger charge is -2.21. The Labute approximate surface area is 129 Å². The number of halogens is 4. The Balaban J connectivity index is 2.14. The fourth-order valence-electron chi connectivity index (χ4n) is 2.03. The predicted octanol–water partition coefficient (Wildman–Crippen LogP) is 3.09. The normalized spacial score (nSPS) is 13.5. The monoisotopic (exact) mass is 327 g/mol. The van der Waals surface area contributed by atoms with Crippen LogP contribution in [0.1, 0.15) is 28.9 Å². The number of aliphatic hydroxyl groups is 1. The molecule has 0 saturated carbocycles. The molecule has 2 N–H and O–H groups in total. The molecule has 122 valence electrons. The van der Waals surface area contributed by atoms with E-state index in [0.717, 1.165) is 30.3 Å². The fourth-order valence-corrected chi connectivity index (χ4v) is 2.03. The number of hydrogen-bond acceptors (Lipinski definition) is 2. The maximum absolute atomic E-state index is 13.5. The number of carbonyl (C=O) groups excluding carboxylic acids is 1. The molecule has 7 heteroatoms. The number of carbonyl (C=O) groups is 1. The van der Waals surface area contributed by atoms with Crippen LogP contribution in [0.2, 0.25) is 0 Å². The molecule has 0 spiro atoms. The number of nitrogens with one attached hydrogen (secondary N) is 1. The fraction of sp³-hybridized carbons (Fsp3) is 0.188. The van der Waals surface area contributed by atoms with E-state index in [0.29, 0.717) is 0 Å². The van der Waals surface area contributed by atoms with Crippen LogP contribution in [0.3, 0.4) is 0 Å². The zero-order valence-electron chi connectivity index (χ0n) is 12.0. The molecule has 2 aromatic carbocycles. The first-order valence-electron chi connectivity index (χ1n) is 6.69. The molecule has 0 heterocycles. The van der Waals surface area contributed by atoms with Crippen molar-refractivity contribution in [2.75, 3.05) is 0 Å². The Hall–Kier alpha value is -2.41. The summed E-state index contributed by atoms with van der Waals surface area (Å²) in [5, 5.41) is 12.3. The van der Waals surface area contributed by atoms with Crippen molar-refractivity contribution >= 4 is 5.91 Å². The van der Waals surface area contributed by atoms with Gasteiger partial charge in [0.25, 0.3) is 5.91 Å². The minimum atomic E-state index is -1.36. The molecule has 2 unspecified atom stereocenters. The van der Waals surface area contributed by atoms with Crippen molar-refractivity contribution in [3.05, 3.63) is 70.8 Å². The van der Waals surface area contributed by atoms with E-state index in [2.05, 4.69) is 5.32 Å². The molecular formula is C16H13F4NO2. The molecule has 0 aliphatic heterocycles. The van der Waals surface area contributed by atoms with E-state index in [1.165, 1.54) is 13.0 Å². The van der Waals surface area contributed by atoms with Crippen LogP contribution in [0.5, 0.6) is 0 Å². The van der Waals surface area contributed by atoms with Gasteiger partial charge in [-0.25, -0.2) is 17.6 Å². The maximum atomic E-state index is 13.5. The maximum Gasteiger partial charge on any atom is 0.254 e. The van der Waals surface area contributed by atoms with Gasteiger partial charge >= 0.3 is 0 Å². The highest BCUT2D eigenvalue weighted by molar-refractivity contribution is 5.94. The van der Waals surface area contributed by atoms with Crippen molar-refractivity contribution in [3.8, 4) is 0 Å².